The zero-order valence-electron chi connectivity index (χ0n) is 14.9. The first-order valence-electron chi connectivity index (χ1n) is 8.85. The van der Waals surface area contributed by atoms with Crippen LogP contribution in [-0.2, 0) is 0 Å². The number of fused-ring (bicyclic) bond motifs is 1. The van der Waals surface area contributed by atoms with E-state index >= 15 is 0 Å². The van der Waals surface area contributed by atoms with E-state index in [2.05, 4.69) is 26.0 Å². The summed E-state index contributed by atoms with van der Waals surface area (Å²) >= 11 is 0. The molecule has 0 saturated carbocycles. The highest BCUT2D eigenvalue weighted by Gasteiger charge is 2.25. The molecular weight excluding hydrogens is 310 g/mol. The predicted molar refractivity (Wildman–Crippen MR) is 103 cm³/mol. The number of para-hydroxylation sites is 1. The third-order valence-electron chi connectivity index (χ3n) is 4.73. The lowest BCUT2D eigenvalue weighted by Crippen LogP contribution is -2.36. The number of hydrogen-bond donors (Lipinski definition) is 1. The van der Waals surface area contributed by atoms with Crippen LogP contribution in [0, 0.1) is 0 Å². The second-order valence-electron chi connectivity index (χ2n) is 6.40. The van der Waals surface area contributed by atoms with E-state index in [4.69, 9.17) is 5.84 Å². The highest BCUT2D eigenvalue weighted by atomic mass is 16.2. The summed E-state index contributed by atoms with van der Waals surface area (Å²) < 4.78 is 1.51. The Balaban J connectivity index is 1.97. The summed E-state index contributed by atoms with van der Waals surface area (Å²) in [6, 6.07) is 19.8. The molecule has 0 spiro atoms. The largest absolute Gasteiger partial charge is 0.338 e. The normalized spacial score (nSPS) is 12.2. The van der Waals surface area contributed by atoms with E-state index < -0.39 is 0 Å². The van der Waals surface area contributed by atoms with Crippen LogP contribution in [-0.4, -0.2) is 22.0 Å². The van der Waals surface area contributed by atoms with Crippen molar-refractivity contribution >= 4 is 16.8 Å². The molecule has 2 aromatic carbocycles. The van der Waals surface area contributed by atoms with E-state index in [1.807, 2.05) is 53.4 Å². The van der Waals surface area contributed by atoms with Crippen molar-refractivity contribution in [1.29, 1.82) is 0 Å². The molecule has 1 aromatic heterocycles. The van der Waals surface area contributed by atoms with Crippen molar-refractivity contribution < 1.29 is 4.79 Å². The molecular formula is C21H25N3O. The third-order valence-corrected chi connectivity index (χ3v) is 4.73. The standard InChI is InChI=1S/C21H25N3O/c1-3-4-14-23(16(2)17-10-6-5-7-11-17)21(25)20-15-18-12-8-9-13-19(18)24(20)22/h5-13,15-16H,3-4,14,22H2,1-2H3/t16-/m1/s1. The monoisotopic (exact) mass is 335 g/mol. The van der Waals surface area contributed by atoms with Gasteiger partial charge in [-0.3, -0.25) is 9.47 Å². The van der Waals surface area contributed by atoms with Crippen molar-refractivity contribution in [2.75, 3.05) is 12.4 Å². The minimum Gasteiger partial charge on any atom is -0.338 e. The molecule has 0 aliphatic carbocycles. The average Bonchev–Trinajstić information content (AvgIpc) is 2.99. The van der Waals surface area contributed by atoms with Crippen LogP contribution in [0.3, 0.4) is 0 Å². The summed E-state index contributed by atoms with van der Waals surface area (Å²) in [5.74, 6) is 6.19. The van der Waals surface area contributed by atoms with Crippen molar-refractivity contribution in [1.82, 2.24) is 9.58 Å². The predicted octanol–water partition coefficient (Wildman–Crippen LogP) is 4.36. The molecule has 25 heavy (non-hydrogen) atoms. The fraction of sp³-hybridized carbons (Fsp3) is 0.286. The zero-order chi connectivity index (χ0) is 17.8. The quantitative estimate of drug-likeness (QED) is 0.681. The van der Waals surface area contributed by atoms with Gasteiger partial charge in [-0.05, 0) is 31.0 Å². The van der Waals surface area contributed by atoms with Gasteiger partial charge in [-0.2, -0.15) is 0 Å². The molecule has 0 aliphatic heterocycles. The summed E-state index contributed by atoms with van der Waals surface area (Å²) in [4.78, 5) is 15.2. The Morgan fingerprint density at radius 3 is 2.48 bits per heavy atom. The van der Waals surface area contributed by atoms with Crippen LogP contribution in [0.1, 0.15) is 48.8 Å². The van der Waals surface area contributed by atoms with Crippen LogP contribution in [0.2, 0.25) is 0 Å². The van der Waals surface area contributed by atoms with Gasteiger partial charge in [0.15, 0.2) is 0 Å². The van der Waals surface area contributed by atoms with E-state index in [-0.39, 0.29) is 11.9 Å². The Bertz CT molecular complexity index is 854. The number of rotatable bonds is 6. The lowest BCUT2D eigenvalue weighted by molar-refractivity contribution is 0.0679. The Morgan fingerprint density at radius 1 is 1.12 bits per heavy atom. The molecule has 4 heteroatoms. The van der Waals surface area contributed by atoms with Crippen molar-refractivity contribution in [3.63, 3.8) is 0 Å². The molecule has 1 heterocycles. The van der Waals surface area contributed by atoms with Gasteiger partial charge in [-0.25, -0.2) is 0 Å². The molecule has 2 N–H and O–H groups in total. The summed E-state index contributed by atoms with van der Waals surface area (Å²) in [6.45, 7) is 4.93. The van der Waals surface area contributed by atoms with Crippen molar-refractivity contribution in [3.05, 3.63) is 71.9 Å². The Kier molecular flexibility index (Phi) is 5.08. The van der Waals surface area contributed by atoms with Crippen molar-refractivity contribution in [3.8, 4) is 0 Å². The summed E-state index contributed by atoms with van der Waals surface area (Å²) in [5, 5.41) is 0.983. The number of benzene rings is 2. The molecule has 3 aromatic rings. The third kappa shape index (κ3) is 3.38. The van der Waals surface area contributed by atoms with Gasteiger partial charge in [-0.1, -0.05) is 61.9 Å². The van der Waals surface area contributed by atoms with Gasteiger partial charge >= 0.3 is 0 Å². The molecule has 0 unspecified atom stereocenters. The fourth-order valence-corrected chi connectivity index (χ4v) is 3.20. The van der Waals surface area contributed by atoms with Gasteiger partial charge in [-0.15, -0.1) is 0 Å². The summed E-state index contributed by atoms with van der Waals surface area (Å²) in [6.07, 6.45) is 2.00. The van der Waals surface area contributed by atoms with Crippen molar-refractivity contribution in [2.45, 2.75) is 32.7 Å². The maximum Gasteiger partial charge on any atom is 0.272 e. The molecule has 0 bridgehead atoms. The molecule has 1 amide bonds. The van der Waals surface area contributed by atoms with E-state index in [1.54, 1.807) is 0 Å². The topological polar surface area (TPSA) is 51.3 Å². The van der Waals surface area contributed by atoms with Crippen LogP contribution < -0.4 is 5.84 Å². The lowest BCUT2D eigenvalue weighted by atomic mass is 10.1. The number of nitrogens with zero attached hydrogens (tertiary/aromatic N) is 2. The maximum atomic E-state index is 13.3. The molecule has 0 radical (unpaired) electrons. The number of hydrogen-bond acceptors (Lipinski definition) is 2. The number of nitrogen functional groups attached to an aromatic ring is 1. The first kappa shape index (κ1) is 17.1. The number of unbranched alkanes of at least 4 members (excludes halogenated alkanes) is 1. The molecule has 130 valence electrons. The van der Waals surface area contributed by atoms with Crippen LogP contribution in [0.4, 0.5) is 0 Å². The lowest BCUT2D eigenvalue weighted by Gasteiger charge is -2.29. The second-order valence-corrected chi connectivity index (χ2v) is 6.40. The van der Waals surface area contributed by atoms with E-state index in [9.17, 15) is 4.79 Å². The SMILES string of the molecule is CCCCN(C(=O)c1cc2ccccc2n1N)[C@H](C)c1ccccc1. The van der Waals surface area contributed by atoms with Crippen LogP contribution >= 0.6 is 0 Å². The van der Waals surface area contributed by atoms with Crippen LogP contribution in [0.5, 0.6) is 0 Å². The highest BCUT2D eigenvalue weighted by molar-refractivity contribution is 5.99. The van der Waals surface area contributed by atoms with Crippen LogP contribution in [0.15, 0.2) is 60.7 Å². The van der Waals surface area contributed by atoms with Gasteiger partial charge in [0.1, 0.15) is 5.69 Å². The highest BCUT2D eigenvalue weighted by Crippen LogP contribution is 2.25. The zero-order valence-corrected chi connectivity index (χ0v) is 14.9. The number of amides is 1. The number of carbonyl (C=O) groups is 1. The summed E-state index contributed by atoms with van der Waals surface area (Å²) in [7, 11) is 0. The Labute approximate surface area is 148 Å². The fourth-order valence-electron chi connectivity index (χ4n) is 3.20. The molecule has 3 rings (SSSR count). The Morgan fingerprint density at radius 2 is 1.80 bits per heavy atom. The first-order valence-corrected chi connectivity index (χ1v) is 8.85. The number of nitrogens with two attached hydrogens (primary N) is 1. The second kappa shape index (κ2) is 7.43. The van der Waals surface area contributed by atoms with Gasteiger partial charge in [0.05, 0.1) is 11.6 Å². The minimum atomic E-state index is -0.0245. The van der Waals surface area contributed by atoms with E-state index in [0.29, 0.717) is 12.2 Å². The van der Waals surface area contributed by atoms with Gasteiger partial charge in [0.2, 0.25) is 0 Å². The maximum absolute atomic E-state index is 13.3. The van der Waals surface area contributed by atoms with Gasteiger partial charge in [0, 0.05) is 11.9 Å². The number of aromatic nitrogens is 1. The smallest absolute Gasteiger partial charge is 0.272 e. The van der Waals surface area contributed by atoms with Crippen molar-refractivity contribution in [2.24, 2.45) is 0 Å². The van der Waals surface area contributed by atoms with E-state index in [1.165, 1.54) is 4.68 Å². The minimum absolute atomic E-state index is 0.00161. The van der Waals surface area contributed by atoms with Crippen LogP contribution in [0.25, 0.3) is 10.9 Å². The van der Waals surface area contributed by atoms with E-state index in [0.717, 1.165) is 29.3 Å². The molecule has 0 fully saturated rings. The first-order chi connectivity index (χ1) is 12.1. The Hall–Kier alpha value is -2.75. The van der Waals surface area contributed by atoms with Gasteiger partial charge in [0.25, 0.3) is 5.91 Å². The number of carbonyl (C=O) groups excluding carboxylic acids is 1. The molecule has 4 nitrogen and oxygen atoms in total. The molecule has 0 saturated heterocycles. The van der Waals surface area contributed by atoms with Gasteiger partial charge < -0.3 is 10.7 Å². The molecule has 0 aliphatic rings. The summed E-state index contributed by atoms with van der Waals surface area (Å²) in [5.41, 5.74) is 2.53. The molecule has 1 atom stereocenters. The average molecular weight is 335 g/mol.